The van der Waals surface area contributed by atoms with Crippen molar-refractivity contribution < 1.29 is 0 Å². The highest BCUT2D eigenvalue weighted by molar-refractivity contribution is 5.74. The van der Waals surface area contributed by atoms with Gasteiger partial charge in [0.15, 0.2) is 0 Å². The van der Waals surface area contributed by atoms with Crippen molar-refractivity contribution in [3.63, 3.8) is 0 Å². The van der Waals surface area contributed by atoms with E-state index in [1.807, 2.05) is 6.33 Å². The summed E-state index contributed by atoms with van der Waals surface area (Å²) >= 11 is 0. The van der Waals surface area contributed by atoms with Crippen LogP contribution in [-0.2, 0) is 6.54 Å². The number of aryl methyl sites for hydroxylation is 1. The van der Waals surface area contributed by atoms with Crippen molar-refractivity contribution in [1.82, 2.24) is 9.55 Å². The van der Waals surface area contributed by atoms with Crippen molar-refractivity contribution in [2.24, 2.45) is 0 Å². The maximum atomic E-state index is 4.45. The summed E-state index contributed by atoms with van der Waals surface area (Å²) in [6.07, 6.45) is 15.9. The van der Waals surface area contributed by atoms with Crippen molar-refractivity contribution in [1.29, 1.82) is 0 Å². The molecule has 2 rings (SSSR count). The zero-order valence-corrected chi connectivity index (χ0v) is 13.6. The number of nitrogens with zero attached hydrogens (tertiary/aromatic N) is 2. The third kappa shape index (κ3) is 5.53. The Labute approximate surface area is 129 Å². The predicted molar refractivity (Wildman–Crippen MR) is 91.6 cm³/mol. The molecular formula is C19H30N2. The van der Waals surface area contributed by atoms with Gasteiger partial charge in [0.1, 0.15) is 0 Å². The van der Waals surface area contributed by atoms with E-state index in [0.717, 1.165) is 12.1 Å². The van der Waals surface area contributed by atoms with Crippen LogP contribution < -0.4 is 0 Å². The van der Waals surface area contributed by atoms with Crippen LogP contribution in [0.3, 0.4) is 0 Å². The van der Waals surface area contributed by atoms with Gasteiger partial charge in [-0.3, -0.25) is 0 Å². The number of hydrogen-bond donors (Lipinski definition) is 0. The van der Waals surface area contributed by atoms with E-state index < -0.39 is 0 Å². The second-order valence-corrected chi connectivity index (χ2v) is 6.11. The summed E-state index contributed by atoms with van der Waals surface area (Å²) in [4.78, 5) is 4.45. The Morgan fingerprint density at radius 1 is 0.810 bits per heavy atom. The molecule has 0 unspecified atom stereocenters. The van der Waals surface area contributed by atoms with Gasteiger partial charge < -0.3 is 4.57 Å². The zero-order valence-electron chi connectivity index (χ0n) is 13.6. The number of hydrogen-bond acceptors (Lipinski definition) is 1. The monoisotopic (exact) mass is 286 g/mol. The summed E-state index contributed by atoms with van der Waals surface area (Å²) in [5.74, 6) is 0. The van der Waals surface area contributed by atoms with Crippen LogP contribution in [0.5, 0.6) is 0 Å². The molecule has 1 aromatic heterocycles. The first kappa shape index (κ1) is 16.1. The van der Waals surface area contributed by atoms with Gasteiger partial charge in [-0.25, -0.2) is 4.98 Å². The van der Waals surface area contributed by atoms with E-state index in [1.54, 1.807) is 0 Å². The molecule has 2 aromatic rings. The molecule has 0 bridgehead atoms. The zero-order chi connectivity index (χ0) is 14.8. The Morgan fingerprint density at radius 3 is 2.14 bits per heavy atom. The molecule has 0 N–H and O–H groups in total. The number of aromatic nitrogens is 2. The third-order valence-electron chi connectivity index (χ3n) is 4.28. The Balaban J connectivity index is 1.52. The first-order valence-electron chi connectivity index (χ1n) is 8.81. The number of para-hydroxylation sites is 2. The quantitative estimate of drug-likeness (QED) is 0.466. The highest BCUT2D eigenvalue weighted by Gasteiger charge is 2.00. The lowest BCUT2D eigenvalue weighted by Crippen LogP contribution is -1.95. The number of benzene rings is 1. The van der Waals surface area contributed by atoms with Gasteiger partial charge in [0.2, 0.25) is 0 Å². The molecule has 0 amide bonds. The van der Waals surface area contributed by atoms with Gasteiger partial charge >= 0.3 is 0 Å². The lowest BCUT2D eigenvalue weighted by Gasteiger charge is -2.05. The molecule has 2 heteroatoms. The summed E-state index contributed by atoms with van der Waals surface area (Å²) in [7, 11) is 0. The summed E-state index contributed by atoms with van der Waals surface area (Å²) in [6.45, 7) is 3.39. The molecule has 0 fully saturated rings. The van der Waals surface area contributed by atoms with Crippen LogP contribution in [-0.4, -0.2) is 9.55 Å². The Hall–Kier alpha value is -1.31. The Kier molecular flexibility index (Phi) is 7.34. The average Bonchev–Trinajstić information content (AvgIpc) is 2.92. The van der Waals surface area contributed by atoms with Crippen LogP contribution in [0.2, 0.25) is 0 Å². The van der Waals surface area contributed by atoms with E-state index in [1.165, 1.54) is 69.7 Å². The molecule has 21 heavy (non-hydrogen) atoms. The first-order chi connectivity index (χ1) is 10.4. The van der Waals surface area contributed by atoms with Crippen LogP contribution in [0.25, 0.3) is 11.0 Å². The highest BCUT2D eigenvalue weighted by atomic mass is 15.0. The predicted octanol–water partition coefficient (Wildman–Crippen LogP) is 5.96. The lowest BCUT2D eigenvalue weighted by molar-refractivity contribution is 0.538. The standard InChI is InChI=1S/C19H30N2/c1-2-3-4-5-6-7-8-9-10-13-16-21-17-20-18-14-11-12-15-19(18)21/h11-12,14-15,17H,2-10,13,16H2,1H3. The SMILES string of the molecule is CCCCCCCCCCCCn1cnc2ccccc21. The topological polar surface area (TPSA) is 17.8 Å². The molecule has 0 spiro atoms. The molecular weight excluding hydrogens is 256 g/mol. The summed E-state index contributed by atoms with van der Waals surface area (Å²) in [5.41, 5.74) is 2.39. The maximum absolute atomic E-state index is 4.45. The second kappa shape index (κ2) is 9.59. The van der Waals surface area contributed by atoms with Crippen molar-refractivity contribution in [2.45, 2.75) is 77.7 Å². The second-order valence-electron chi connectivity index (χ2n) is 6.11. The summed E-state index contributed by atoms with van der Waals surface area (Å²) in [6, 6.07) is 8.41. The fraction of sp³-hybridized carbons (Fsp3) is 0.632. The minimum atomic E-state index is 1.11. The minimum Gasteiger partial charge on any atom is -0.331 e. The van der Waals surface area contributed by atoms with Gasteiger partial charge in [0, 0.05) is 6.54 Å². The van der Waals surface area contributed by atoms with Crippen LogP contribution in [0.1, 0.15) is 71.1 Å². The number of unbranched alkanes of at least 4 members (excludes halogenated alkanes) is 9. The molecule has 0 aliphatic rings. The van der Waals surface area contributed by atoms with Gasteiger partial charge in [0.05, 0.1) is 17.4 Å². The van der Waals surface area contributed by atoms with Crippen LogP contribution >= 0.6 is 0 Å². The number of imidazole rings is 1. The molecule has 1 heterocycles. The molecule has 0 aliphatic heterocycles. The first-order valence-corrected chi connectivity index (χ1v) is 8.81. The Bertz CT molecular complexity index is 501. The van der Waals surface area contributed by atoms with E-state index in [-0.39, 0.29) is 0 Å². The molecule has 0 aliphatic carbocycles. The molecule has 0 saturated carbocycles. The normalized spacial score (nSPS) is 11.3. The van der Waals surface area contributed by atoms with E-state index in [4.69, 9.17) is 0 Å². The fourth-order valence-electron chi connectivity index (χ4n) is 2.96. The van der Waals surface area contributed by atoms with Gasteiger partial charge in [-0.1, -0.05) is 76.8 Å². The third-order valence-corrected chi connectivity index (χ3v) is 4.28. The highest BCUT2D eigenvalue weighted by Crippen LogP contribution is 2.14. The van der Waals surface area contributed by atoms with Crippen LogP contribution in [0.4, 0.5) is 0 Å². The average molecular weight is 286 g/mol. The van der Waals surface area contributed by atoms with Gasteiger partial charge in [-0.05, 0) is 18.6 Å². The molecule has 0 atom stereocenters. The van der Waals surface area contributed by atoms with Gasteiger partial charge in [-0.15, -0.1) is 0 Å². The molecule has 1 aromatic carbocycles. The summed E-state index contributed by atoms with van der Waals surface area (Å²) < 4.78 is 2.29. The largest absolute Gasteiger partial charge is 0.331 e. The van der Waals surface area contributed by atoms with E-state index in [0.29, 0.717) is 0 Å². The molecule has 0 saturated heterocycles. The molecule has 116 valence electrons. The molecule has 2 nitrogen and oxygen atoms in total. The molecule has 0 radical (unpaired) electrons. The van der Waals surface area contributed by atoms with Crippen molar-refractivity contribution >= 4 is 11.0 Å². The van der Waals surface area contributed by atoms with Crippen molar-refractivity contribution in [3.05, 3.63) is 30.6 Å². The smallest absolute Gasteiger partial charge is 0.0958 e. The lowest BCUT2D eigenvalue weighted by atomic mass is 10.1. The number of rotatable bonds is 11. The van der Waals surface area contributed by atoms with E-state index in [2.05, 4.69) is 40.7 Å². The van der Waals surface area contributed by atoms with Crippen LogP contribution in [0.15, 0.2) is 30.6 Å². The van der Waals surface area contributed by atoms with Gasteiger partial charge in [-0.2, -0.15) is 0 Å². The van der Waals surface area contributed by atoms with E-state index in [9.17, 15) is 0 Å². The van der Waals surface area contributed by atoms with Crippen molar-refractivity contribution in [3.8, 4) is 0 Å². The minimum absolute atomic E-state index is 1.11. The van der Waals surface area contributed by atoms with Gasteiger partial charge in [0.25, 0.3) is 0 Å². The maximum Gasteiger partial charge on any atom is 0.0958 e. The summed E-state index contributed by atoms with van der Waals surface area (Å²) in [5, 5.41) is 0. The Morgan fingerprint density at radius 2 is 1.43 bits per heavy atom. The van der Waals surface area contributed by atoms with Crippen molar-refractivity contribution in [2.75, 3.05) is 0 Å². The number of fused-ring (bicyclic) bond motifs is 1. The van der Waals surface area contributed by atoms with E-state index >= 15 is 0 Å². The van der Waals surface area contributed by atoms with Crippen LogP contribution in [0, 0.1) is 0 Å². The fourth-order valence-corrected chi connectivity index (χ4v) is 2.96.